The highest BCUT2D eigenvalue weighted by atomic mass is 35.5. The van der Waals surface area contributed by atoms with Crippen LogP contribution in [0.15, 0.2) is 18.2 Å². The van der Waals surface area contributed by atoms with Gasteiger partial charge in [-0.3, -0.25) is 0 Å². The predicted molar refractivity (Wildman–Crippen MR) is 79.5 cm³/mol. The summed E-state index contributed by atoms with van der Waals surface area (Å²) in [7, 11) is 0. The second kappa shape index (κ2) is 5.10. The standard InChI is InChI=1S/C15H23ClN2/c1-11(17)9-12-5-6-13(10-14(12)16)18-8-4-7-15(18,2)3/h5-6,10-11H,4,7-9,17H2,1-3H3. The second-order valence-electron chi connectivity index (χ2n) is 6.02. The van der Waals surface area contributed by atoms with Crippen LogP contribution in [-0.4, -0.2) is 18.1 Å². The van der Waals surface area contributed by atoms with Crippen LogP contribution in [0.4, 0.5) is 5.69 Å². The Kier molecular flexibility index (Phi) is 3.88. The molecular formula is C15H23ClN2. The molecule has 1 aromatic carbocycles. The van der Waals surface area contributed by atoms with E-state index >= 15 is 0 Å². The quantitative estimate of drug-likeness (QED) is 0.906. The van der Waals surface area contributed by atoms with Crippen LogP contribution in [-0.2, 0) is 6.42 Å². The van der Waals surface area contributed by atoms with E-state index in [4.69, 9.17) is 17.3 Å². The van der Waals surface area contributed by atoms with E-state index < -0.39 is 0 Å². The monoisotopic (exact) mass is 266 g/mol. The Balaban J connectivity index is 2.23. The minimum absolute atomic E-state index is 0.150. The summed E-state index contributed by atoms with van der Waals surface area (Å²) in [4.78, 5) is 2.45. The zero-order chi connectivity index (χ0) is 13.3. The minimum Gasteiger partial charge on any atom is -0.366 e. The molecule has 1 aliphatic heterocycles. The molecule has 0 saturated carbocycles. The van der Waals surface area contributed by atoms with Gasteiger partial charge in [-0.15, -0.1) is 0 Å². The molecule has 1 aliphatic rings. The van der Waals surface area contributed by atoms with Crippen LogP contribution in [0.3, 0.4) is 0 Å². The van der Waals surface area contributed by atoms with E-state index in [1.165, 1.54) is 18.5 Å². The first kappa shape index (κ1) is 13.7. The van der Waals surface area contributed by atoms with Crippen molar-refractivity contribution in [1.29, 1.82) is 0 Å². The highest BCUT2D eigenvalue weighted by Crippen LogP contribution is 2.35. The summed E-state index contributed by atoms with van der Waals surface area (Å²) in [6.07, 6.45) is 3.33. The lowest BCUT2D eigenvalue weighted by molar-refractivity contribution is 0.518. The van der Waals surface area contributed by atoms with Crippen molar-refractivity contribution in [3.05, 3.63) is 28.8 Å². The maximum absolute atomic E-state index is 6.36. The molecule has 3 heteroatoms. The van der Waals surface area contributed by atoms with Gasteiger partial charge in [0.15, 0.2) is 0 Å². The number of rotatable bonds is 3. The van der Waals surface area contributed by atoms with E-state index in [1.807, 2.05) is 6.92 Å². The van der Waals surface area contributed by atoms with Crippen molar-refractivity contribution < 1.29 is 0 Å². The third-order valence-corrected chi connectivity index (χ3v) is 4.14. The average Bonchev–Trinajstić information content (AvgIpc) is 2.60. The summed E-state index contributed by atoms with van der Waals surface area (Å²) in [5.41, 5.74) is 8.45. The number of nitrogens with zero attached hydrogens (tertiary/aromatic N) is 1. The predicted octanol–water partition coefficient (Wildman–Crippen LogP) is 3.61. The summed E-state index contributed by atoms with van der Waals surface area (Å²) in [5, 5.41) is 0.840. The lowest BCUT2D eigenvalue weighted by Crippen LogP contribution is -2.38. The SMILES string of the molecule is CC(N)Cc1ccc(N2CCCC2(C)C)cc1Cl. The normalized spacial score (nSPS) is 20.2. The Bertz CT molecular complexity index is 427. The molecule has 1 unspecified atom stereocenters. The van der Waals surface area contributed by atoms with Crippen molar-refractivity contribution in [2.75, 3.05) is 11.4 Å². The molecule has 2 N–H and O–H groups in total. The van der Waals surface area contributed by atoms with Crippen LogP contribution in [0.25, 0.3) is 0 Å². The van der Waals surface area contributed by atoms with Gasteiger partial charge in [0.2, 0.25) is 0 Å². The van der Waals surface area contributed by atoms with Gasteiger partial charge in [0.1, 0.15) is 0 Å². The van der Waals surface area contributed by atoms with E-state index in [0.29, 0.717) is 0 Å². The molecule has 0 radical (unpaired) electrons. The molecule has 100 valence electrons. The van der Waals surface area contributed by atoms with Crippen LogP contribution < -0.4 is 10.6 Å². The van der Waals surface area contributed by atoms with Gasteiger partial charge in [-0.1, -0.05) is 17.7 Å². The minimum atomic E-state index is 0.150. The second-order valence-corrected chi connectivity index (χ2v) is 6.43. The number of nitrogens with two attached hydrogens (primary N) is 1. The van der Waals surface area contributed by atoms with Gasteiger partial charge in [0, 0.05) is 28.8 Å². The van der Waals surface area contributed by atoms with E-state index in [-0.39, 0.29) is 11.6 Å². The molecule has 1 saturated heterocycles. The molecule has 2 nitrogen and oxygen atoms in total. The van der Waals surface area contributed by atoms with Crippen LogP contribution in [0.1, 0.15) is 39.2 Å². The van der Waals surface area contributed by atoms with E-state index in [0.717, 1.165) is 23.6 Å². The molecule has 0 aliphatic carbocycles. The lowest BCUT2D eigenvalue weighted by atomic mass is 10.0. The molecule has 0 bridgehead atoms. The zero-order valence-electron chi connectivity index (χ0n) is 11.5. The third-order valence-electron chi connectivity index (χ3n) is 3.79. The van der Waals surface area contributed by atoms with Gasteiger partial charge < -0.3 is 10.6 Å². The molecule has 0 amide bonds. The maximum atomic E-state index is 6.36. The van der Waals surface area contributed by atoms with Gasteiger partial charge in [0.05, 0.1) is 0 Å². The fourth-order valence-electron chi connectivity index (χ4n) is 2.80. The summed E-state index contributed by atoms with van der Waals surface area (Å²) < 4.78 is 0. The van der Waals surface area contributed by atoms with Crippen LogP contribution in [0.5, 0.6) is 0 Å². The third kappa shape index (κ3) is 2.81. The van der Waals surface area contributed by atoms with Crippen LogP contribution in [0, 0.1) is 0 Å². The first-order valence-electron chi connectivity index (χ1n) is 6.72. The fraction of sp³-hybridized carbons (Fsp3) is 0.600. The number of anilines is 1. The van der Waals surface area contributed by atoms with Crippen molar-refractivity contribution in [3.63, 3.8) is 0 Å². The van der Waals surface area contributed by atoms with Crippen molar-refractivity contribution in [3.8, 4) is 0 Å². The van der Waals surface area contributed by atoms with Gasteiger partial charge in [0.25, 0.3) is 0 Å². The highest BCUT2D eigenvalue weighted by molar-refractivity contribution is 6.31. The number of halogens is 1. The average molecular weight is 267 g/mol. The summed E-state index contributed by atoms with van der Waals surface area (Å²) >= 11 is 6.36. The topological polar surface area (TPSA) is 29.3 Å². The van der Waals surface area contributed by atoms with Crippen molar-refractivity contribution >= 4 is 17.3 Å². The molecule has 1 aromatic rings. The van der Waals surface area contributed by atoms with Crippen molar-refractivity contribution in [1.82, 2.24) is 0 Å². The smallest absolute Gasteiger partial charge is 0.0459 e. The molecule has 0 aromatic heterocycles. The number of hydrogen-bond acceptors (Lipinski definition) is 2. The lowest BCUT2D eigenvalue weighted by Gasteiger charge is -2.34. The van der Waals surface area contributed by atoms with Crippen LogP contribution in [0.2, 0.25) is 5.02 Å². The first-order chi connectivity index (χ1) is 8.40. The number of benzene rings is 1. The molecule has 1 heterocycles. The highest BCUT2D eigenvalue weighted by Gasteiger charge is 2.32. The Morgan fingerprint density at radius 2 is 2.17 bits per heavy atom. The first-order valence-corrected chi connectivity index (χ1v) is 7.09. The van der Waals surface area contributed by atoms with Crippen molar-refractivity contribution in [2.45, 2.75) is 51.6 Å². The molecule has 2 rings (SSSR count). The summed E-state index contributed by atoms with van der Waals surface area (Å²) in [6, 6.07) is 6.54. The van der Waals surface area contributed by atoms with Gasteiger partial charge in [-0.25, -0.2) is 0 Å². The Morgan fingerprint density at radius 3 is 2.67 bits per heavy atom. The molecule has 1 fully saturated rings. The fourth-order valence-corrected chi connectivity index (χ4v) is 3.05. The number of hydrogen-bond donors (Lipinski definition) is 1. The van der Waals surface area contributed by atoms with E-state index in [1.54, 1.807) is 0 Å². The van der Waals surface area contributed by atoms with Gasteiger partial charge in [-0.05, 0) is 57.7 Å². The van der Waals surface area contributed by atoms with Crippen molar-refractivity contribution in [2.24, 2.45) is 5.73 Å². The van der Waals surface area contributed by atoms with Crippen LogP contribution >= 0.6 is 11.6 Å². The Labute approximate surface area is 115 Å². The Morgan fingerprint density at radius 1 is 1.44 bits per heavy atom. The van der Waals surface area contributed by atoms with E-state index in [2.05, 4.69) is 36.9 Å². The molecular weight excluding hydrogens is 244 g/mol. The zero-order valence-corrected chi connectivity index (χ0v) is 12.3. The van der Waals surface area contributed by atoms with Gasteiger partial charge >= 0.3 is 0 Å². The largest absolute Gasteiger partial charge is 0.366 e. The summed E-state index contributed by atoms with van der Waals surface area (Å²) in [6.45, 7) is 7.72. The summed E-state index contributed by atoms with van der Waals surface area (Å²) in [5.74, 6) is 0. The molecule has 0 spiro atoms. The molecule has 18 heavy (non-hydrogen) atoms. The Hall–Kier alpha value is -0.730. The van der Waals surface area contributed by atoms with Gasteiger partial charge in [-0.2, -0.15) is 0 Å². The molecule has 1 atom stereocenters. The van der Waals surface area contributed by atoms with E-state index in [9.17, 15) is 0 Å². The maximum Gasteiger partial charge on any atom is 0.0459 e.